The van der Waals surface area contributed by atoms with Crippen LogP contribution in [0.1, 0.15) is 5.56 Å². The van der Waals surface area contributed by atoms with Crippen molar-refractivity contribution in [2.75, 3.05) is 26.6 Å². The van der Waals surface area contributed by atoms with Crippen LogP contribution in [0.25, 0.3) is 10.9 Å². The standard InChI is InChI=1S/C20H22N4O2.HI/c1-21-20(24-16-9-10-17(25-2)18(12-16)26-3)23-13-15-7-4-6-14-8-5-11-22-19(14)15;/h4-12H,13H2,1-3H3,(H2,21,23,24);1H. The molecule has 0 bridgehead atoms. The second-order valence-corrected chi connectivity index (χ2v) is 5.61. The van der Waals surface area contributed by atoms with E-state index in [1.807, 2.05) is 36.5 Å². The van der Waals surface area contributed by atoms with E-state index in [1.54, 1.807) is 21.3 Å². The van der Waals surface area contributed by atoms with E-state index in [4.69, 9.17) is 9.47 Å². The lowest BCUT2D eigenvalue weighted by molar-refractivity contribution is 0.355. The number of aliphatic imine (C=N–C) groups is 1. The first-order chi connectivity index (χ1) is 12.7. The van der Waals surface area contributed by atoms with Crippen LogP contribution in [-0.4, -0.2) is 32.2 Å². The summed E-state index contributed by atoms with van der Waals surface area (Å²) in [6.07, 6.45) is 1.81. The van der Waals surface area contributed by atoms with Crippen LogP contribution in [0.15, 0.2) is 59.7 Å². The number of guanidine groups is 1. The topological polar surface area (TPSA) is 67.8 Å². The first kappa shape index (κ1) is 20.8. The zero-order chi connectivity index (χ0) is 18.4. The normalized spacial score (nSPS) is 10.9. The second kappa shape index (κ2) is 9.96. The number of para-hydroxylation sites is 1. The summed E-state index contributed by atoms with van der Waals surface area (Å²) in [5.41, 5.74) is 2.95. The van der Waals surface area contributed by atoms with Gasteiger partial charge in [-0.05, 0) is 23.8 Å². The van der Waals surface area contributed by atoms with Crippen molar-refractivity contribution < 1.29 is 9.47 Å². The van der Waals surface area contributed by atoms with Gasteiger partial charge in [-0.3, -0.25) is 9.98 Å². The number of hydrogen-bond acceptors (Lipinski definition) is 4. The van der Waals surface area contributed by atoms with Gasteiger partial charge in [-0.25, -0.2) is 0 Å². The fourth-order valence-corrected chi connectivity index (χ4v) is 2.72. The predicted molar refractivity (Wildman–Crippen MR) is 121 cm³/mol. The molecule has 0 aliphatic rings. The molecule has 3 aromatic rings. The number of aromatic nitrogens is 1. The molecule has 0 amide bonds. The molecule has 1 aromatic heterocycles. The van der Waals surface area contributed by atoms with Gasteiger partial charge < -0.3 is 20.1 Å². The van der Waals surface area contributed by atoms with Crippen molar-refractivity contribution in [2.45, 2.75) is 6.54 Å². The molecule has 6 nitrogen and oxygen atoms in total. The quantitative estimate of drug-likeness (QED) is 0.329. The van der Waals surface area contributed by atoms with Crippen LogP contribution in [0.5, 0.6) is 11.5 Å². The zero-order valence-corrected chi connectivity index (χ0v) is 17.9. The van der Waals surface area contributed by atoms with E-state index >= 15 is 0 Å². The fraction of sp³-hybridized carbons (Fsp3) is 0.200. The number of halogens is 1. The minimum Gasteiger partial charge on any atom is -0.493 e. The molecule has 3 rings (SSSR count). The minimum atomic E-state index is 0. The van der Waals surface area contributed by atoms with E-state index in [2.05, 4.69) is 38.8 Å². The molecular formula is C20H23IN4O2. The summed E-state index contributed by atoms with van der Waals surface area (Å²) in [5, 5.41) is 7.70. The molecule has 0 unspecified atom stereocenters. The van der Waals surface area contributed by atoms with Crippen molar-refractivity contribution in [1.29, 1.82) is 0 Å². The van der Waals surface area contributed by atoms with Crippen LogP contribution >= 0.6 is 24.0 Å². The third-order valence-corrected chi connectivity index (χ3v) is 4.03. The number of benzene rings is 2. The van der Waals surface area contributed by atoms with Gasteiger partial charge in [-0.2, -0.15) is 0 Å². The summed E-state index contributed by atoms with van der Waals surface area (Å²) in [4.78, 5) is 8.76. The van der Waals surface area contributed by atoms with Gasteiger partial charge in [0.25, 0.3) is 0 Å². The van der Waals surface area contributed by atoms with Crippen LogP contribution in [0.3, 0.4) is 0 Å². The Labute approximate surface area is 176 Å². The monoisotopic (exact) mass is 478 g/mol. The Bertz CT molecular complexity index is 926. The van der Waals surface area contributed by atoms with Crippen molar-refractivity contribution in [3.8, 4) is 11.5 Å². The summed E-state index contributed by atoms with van der Waals surface area (Å²) >= 11 is 0. The lowest BCUT2D eigenvalue weighted by Gasteiger charge is -2.14. The van der Waals surface area contributed by atoms with Crippen molar-refractivity contribution in [3.05, 3.63) is 60.3 Å². The number of ether oxygens (including phenoxy) is 2. The number of pyridine rings is 1. The van der Waals surface area contributed by atoms with E-state index < -0.39 is 0 Å². The number of hydrogen-bond donors (Lipinski definition) is 2. The van der Waals surface area contributed by atoms with E-state index in [1.165, 1.54) is 0 Å². The number of rotatable bonds is 5. The van der Waals surface area contributed by atoms with Gasteiger partial charge in [0.05, 0.1) is 19.7 Å². The molecule has 2 aromatic carbocycles. The molecule has 0 spiro atoms. The average molecular weight is 478 g/mol. The van der Waals surface area contributed by atoms with E-state index in [9.17, 15) is 0 Å². The first-order valence-electron chi connectivity index (χ1n) is 8.27. The summed E-state index contributed by atoms with van der Waals surface area (Å²) in [6.45, 7) is 0.612. The lowest BCUT2D eigenvalue weighted by atomic mass is 10.1. The highest BCUT2D eigenvalue weighted by Crippen LogP contribution is 2.29. The molecule has 0 aliphatic heterocycles. The summed E-state index contributed by atoms with van der Waals surface area (Å²) < 4.78 is 10.6. The van der Waals surface area contributed by atoms with Crippen LogP contribution in [0.2, 0.25) is 0 Å². The summed E-state index contributed by atoms with van der Waals surface area (Å²) in [7, 11) is 4.96. The maximum Gasteiger partial charge on any atom is 0.195 e. The molecule has 2 N–H and O–H groups in total. The number of nitrogens with one attached hydrogen (secondary N) is 2. The first-order valence-corrected chi connectivity index (χ1v) is 8.27. The predicted octanol–water partition coefficient (Wildman–Crippen LogP) is 4.06. The minimum absolute atomic E-state index is 0. The Kier molecular flexibility index (Phi) is 7.66. The van der Waals surface area contributed by atoms with Crippen LogP contribution in [0.4, 0.5) is 5.69 Å². The van der Waals surface area contributed by atoms with Crippen molar-refractivity contribution in [1.82, 2.24) is 10.3 Å². The maximum absolute atomic E-state index is 5.34. The van der Waals surface area contributed by atoms with E-state index in [0.29, 0.717) is 24.0 Å². The molecule has 27 heavy (non-hydrogen) atoms. The Morgan fingerprint density at radius 3 is 2.56 bits per heavy atom. The van der Waals surface area contributed by atoms with Gasteiger partial charge in [0.15, 0.2) is 17.5 Å². The zero-order valence-electron chi connectivity index (χ0n) is 15.5. The number of nitrogens with zero attached hydrogens (tertiary/aromatic N) is 2. The summed E-state index contributed by atoms with van der Waals surface area (Å²) in [6, 6.07) is 15.8. The molecule has 142 valence electrons. The number of fused-ring (bicyclic) bond motifs is 1. The van der Waals surface area contributed by atoms with Crippen LogP contribution < -0.4 is 20.1 Å². The third-order valence-electron chi connectivity index (χ3n) is 4.03. The Morgan fingerprint density at radius 1 is 1.04 bits per heavy atom. The average Bonchev–Trinajstić information content (AvgIpc) is 2.70. The molecule has 0 aliphatic carbocycles. The molecule has 1 heterocycles. The highest BCUT2D eigenvalue weighted by Gasteiger charge is 2.07. The maximum atomic E-state index is 5.34. The molecule has 0 saturated heterocycles. The highest BCUT2D eigenvalue weighted by molar-refractivity contribution is 14.0. The van der Waals surface area contributed by atoms with Crippen LogP contribution in [0, 0.1) is 0 Å². The van der Waals surface area contributed by atoms with Gasteiger partial charge >= 0.3 is 0 Å². The van der Waals surface area contributed by atoms with Crippen molar-refractivity contribution in [3.63, 3.8) is 0 Å². The molecular weight excluding hydrogens is 455 g/mol. The van der Waals surface area contributed by atoms with E-state index in [0.717, 1.165) is 22.2 Å². The molecule has 0 fully saturated rings. The van der Waals surface area contributed by atoms with Gasteiger partial charge in [0.1, 0.15) is 0 Å². The van der Waals surface area contributed by atoms with Crippen LogP contribution in [-0.2, 0) is 6.54 Å². The van der Waals surface area contributed by atoms with Gasteiger partial charge in [0.2, 0.25) is 0 Å². The fourth-order valence-electron chi connectivity index (χ4n) is 2.72. The Balaban J connectivity index is 0.00000261. The SMILES string of the molecule is CN=C(NCc1cccc2cccnc12)Nc1ccc(OC)c(OC)c1.I. The van der Waals surface area contributed by atoms with Crippen molar-refractivity contribution in [2.24, 2.45) is 4.99 Å². The molecule has 0 saturated carbocycles. The van der Waals surface area contributed by atoms with Gasteiger partial charge in [-0.15, -0.1) is 24.0 Å². The smallest absolute Gasteiger partial charge is 0.195 e. The van der Waals surface area contributed by atoms with Gasteiger partial charge in [-0.1, -0.05) is 24.3 Å². The largest absolute Gasteiger partial charge is 0.493 e. The Morgan fingerprint density at radius 2 is 1.81 bits per heavy atom. The third kappa shape index (κ3) is 5.00. The molecule has 0 atom stereocenters. The lowest BCUT2D eigenvalue weighted by Crippen LogP contribution is -2.30. The summed E-state index contributed by atoms with van der Waals surface area (Å²) in [5.74, 6) is 2.00. The highest BCUT2D eigenvalue weighted by atomic mass is 127. The number of methoxy groups -OCH3 is 2. The second-order valence-electron chi connectivity index (χ2n) is 5.61. The van der Waals surface area contributed by atoms with Gasteiger partial charge in [0, 0.05) is 36.9 Å². The molecule has 7 heteroatoms. The van der Waals surface area contributed by atoms with E-state index in [-0.39, 0.29) is 24.0 Å². The number of anilines is 1. The Hall–Kier alpha value is -2.55. The molecule has 0 radical (unpaired) electrons. The van der Waals surface area contributed by atoms with Crippen molar-refractivity contribution >= 4 is 46.5 Å².